The van der Waals surface area contributed by atoms with E-state index in [-0.39, 0.29) is 10.8 Å². The fraction of sp³-hybridized carbons (Fsp3) is 0.800. The molecule has 33 heavy (non-hydrogen) atoms. The van der Waals surface area contributed by atoms with E-state index in [9.17, 15) is 9.59 Å². The highest BCUT2D eigenvalue weighted by Gasteiger charge is 2.68. The molecule has 0 saturated heterocycles. The first kappa shape index (κ1) is 24.7. The van der Waals surface area contributed by atoms with Gasteiger partial charge in [0.25, 0.3) is 0 Å². The van der Waals surface area contributed by atoms with Gasteiger partial charge in [-0.05, 0) is 105 Å². The van der Waals surface area contributed by atoms with Gasteiger partial charge < -0.3 is 5.11 Å². The molecule has 0 bridgehead atoms. The molecule has 4 aliphatic rings. The number of carboxylic acids is 1. The van der Waals surface area contributed by atoms with Crippen LogP contribution in [0.25, 0.3) is 0 Å². The predicted molar refractivity (Wildman–Crippen MR) is 134 cm³/mol. The third-order valence-electron chi connectivity index (χ3n) is 11.9. The molecule has 0 spiro atoms. The minimum Gasteiger partial charge on any atom is -0.478 e. The molecule has 0 heterocycles. The minimum absolute atomic E-state index is 0.180. The normalized spacial score (nSPS) is 44.5. The lowest BCUT2D eigenvalue weighted by Crippen LogP contribution is -2.63. The minimum atomic E-state index is -0.822. The van der Waals surface area contributed by atoms with Crippen LogP contribution in [-0.4, -0.2) is 16.9 Å². The van der Waals surface area contributed by atoms with Gasteiger partial charge in [-0.2, -0.15) is 0 Å². The SMILES string of the molecule is C=C(CC/C=C(\C)C(=O)O)[C@@H]1CC[C@]2(C)[C@@H]1CC[C@@H]1[C@@]3(C)CCC(=O)C(C)(C)[C@@H]3CC[C@]12C. The molecule has 1 N–H and O–H groups in total. The van der Waals surface area contributed by atoms with Crippen molar-refractivity contribution >= 4 is 11.8 Å². The molecule has 3 nitrogen and oxygen atoms in total. The fourth-order valence-electron chi connectivity index (χ4n) is 9.78. The Labute approximate surface area is 201 Å². The van der Waals surface area contributed by atoms with Gasteiger partial charge >= 0.3 is 5.97 Å². The summed E-state index contributed by atoms with van der Waals surface area (Å²) in [5, 5.41) is 9.13. The zero-order valence-electron chi connectivity index (χ0n) is 21.9. The lowest BCUT2D eigenvalue weighted by atomic mass is 9.35. The first-order valence-corrected chi connectivity index (χ1v) is 13.4. The van der Waals surface area contributed by atoms with Crippen LogP contribution in [0.5, 0.6) is 0 Å². The zero-order valence-corrected chi connectivity index (χ0v) is 21.9. The predicted octanol–water partition coefficient (Wildman–Crippen LogP) is 7.61. The Morgan fingerprint density at radius 1 is 1.00 bits per heavy atom. The smallest absolute Gasteiger partial charge is 0.330 e. The summed E-state index contributed by atoms with van der Waals surface area (Å²) >= 11 is 0. The monoisotopic (exact) mass is 454 g/mol. The summed E-state index contributed by atoms with van der Waals surface area (Å²) in [5.41, 5.74) is 2.52. The van der Waals surface area contributed by atoms with Crippen LogP contribution in [0.1, 0.15) is 106 Å². The fourth-order valence-corrected chi connectivity index (χ4v) is 9.78. The molecular weight excluding hydrogens is 408 g/mol. The molecular formula is C30H46O3. The summed E-state index contributed by atoms with van der Waals surface area (Å²) in [6.07, 6.45) is 12.9. The number of ketones is 1. The first-order valence-electron chi connectivity index (χ1n) is 13.4. The molecule has 4 rings (SSSR count). The molecule has 0 radical (unpaired) electrons. The Bertz CT molecular complexity index is 881. The molecule has 0 unspecified atom stereocenters. The molecule has 0 amide bonds. The molecule has 3 heteroatoms. The van der Waals surface area contributed by atoms with E-state index in [4.69, 9.17) is 5.11 Å². The molecule has 7 atom stereocenters. The van der Waals surface area contributed by atoms with Crippen molar-refractivity contribution in [3.63, 3.8) is 0 Å². The Hall–Kier alpha value is -1.38. The van der Waals surface area contributed by atoms with Gasteiger partial charge in [0.15, 0.2) is 0 Å². The highest BCUT2D eigenvalue weighted by molar-refractivity contribution is 5.86. The maximum absolute atomic E-state index is 12.8. The topological polar surface area (TPSA) is 54.4 Å². The highest BCUT2D eigenvalue weighted by Crippen LogP contribution is 2.75. The number of rotatable bonds is 5. The number of hydrogen-bond donors (Lipinski definition) is 1. The van der Waals surface area contributed by atoms with Crippen LogP contribution in [0.15, 0.2) is 23.8 Å². The number of carbonyl (C=O) groups excluding carboxylic acids is 1. The van der Waals surface area contributed by atoms with Crippen molar-refractivity contribution in [2.75, 3.05) is 0 Å². The van der Waals surface area contributed by atoms with Gasteiger partial charge in [0.2, 0.25) is 0 Å². The van der Waals surface area contributed by atoms with E-state index in [0.29, 0.717) is 45.9 Å². The van der Waals surface area contributed by atoms with Gasteiger partial charge in [-0.3, -0.25) is 4.79 Å². The lowest BCUT2D eigenvalue weighted by Gasteiger charge is -2.69. The van der Waals surface area contributed by atoms with E-state index in [1.165, 1.54) is 44.1 Å². The molecule has 4 saturated carbocycles. The summed E-state index contributed by atoms with van der Waals surface area (Å²) in [6, 6.07) is 0. The summed E-state index contributed by atoms with van der Waals surface area (Å²) in [7, 11) is 0. The Balaban J connectivity index is 1.55. The van der Waals surface area contributed by atoms with Crippen LogP contribution in [0.2, 0.25) is 0 Å². The van der Waals surface area contributed by atoms with E-state index in [2.05, 4.69) is 41.2 Å². The largest absolute Gasteiger partial charge is 0.478 e. The molecule has 4 aliphatic carbocycles. The third kappa shape index (κ3) is 3.50. The number of Topliss-reactive ketones (excluding diaryl/α,β-unsaturated/α-hetero) is 1. The molecule has 0 aromatic rings. The standard InChI is InChI=1S/C30H46O3/c1-19(9-8-10-20(2)26(32)33)21-13-17-29(6)22(21)11-12-24-28(5)16-15-25(31)27(3,4)23(28)14-18-30(24,29)7/h10,21-24H,1,8-9,11-18H2,2-7H3,(H,32,33)/b20-10+/t21-,22+,23-,24+,28-,29+,30+/m0/s1. The van der Waals surface area contributed by atoms with Crippen molar-refractivity contribution in [3.8, 4) is 0 Å². The average Bonchev–Trinajstić information content (AvgIpc) is 3.09. The second-order valence-corrected chi connectivity index (χ2v) is 13.3. The van der Waals surface area contributed by atoms with Crippen molar-refractivity contribution in [1.29, 1.82) is 0 Å². The Morgan fingerprint density at radius 2 is 1.67 bits per heavy atom. The van der Waals surface area contributed by atoms with Crippen molar-refractivity contribution < 1.29 is 14.7 Å². The van der Waals surface area contributed by atoms with Crippen molar-refractivity contribution in [3.05, 3.63) is 23.8 Å². The maximum atomic E-state index is 12.8. The molecule has 0 aromatic heterocycles. The molecule has 4 fully saturated rings. The van der Waals surface area contributed by atoms with Crippen LogP contribution in [-0.2, 0) is 9.59 Å². The van der Waals surface area contributed by atoms with Crippen molar-refractivity contribution in [2.45, 2.75) is 106 Å². The van der Waals surface area contributed by atoms with Gasteiger partial charge in [0.05, 0.1) is 0 Å². The lowest BCUT2D eigenvalue weighted by molar-refractivity contribution is -0.201. The Morgan fingerprint density at radius 3 is 2.33 bits per heavy atom. The van der Waals surface area contributed by atoms with Gasteiger partial charge in [-0.15, -0.1) is 0 Å². The second-order valence-electron chi connectivity index (χ2n) is 13.3. The highest BCUT2D eigenvalue weighted by atomic mass is 16.4. The quantitative estimate of drug-likeness (QED) is 0.343. The van der Waals surface area contributed by atoms with Crippen LogP contribution in [0, 0.1) is 45.3 Å². The van der Waals surface area contributed by atoms with E-state index in [1.807, 2.05) is 6.08 Å². The molecule has 0 aliphatic heterocycles. The van der Waals surface area contributed by atoms with E-state index in [1.54, 1.807) is 6.92 Å². The van der Waals surface area contributed by atoms with E-state index in [0.717, 1.165) is 25.7 Å². The number of carboxylic acid groups (broad SMARTS) is 1. The molecule has 184 valence electrons. The van der Waals surface area contributed by atoms with Crippen LogP contribution < -0.4 is 0 Å². The summed E-state index contributed by atoms with van der Waals surface area (Å²) in [4.78, 5) is 23.9. The summed E-state index contributed by atoms with van der Waals surface area (Å²) in [5.74, 6) is 2.14. The average molecular weight is 455 g/mol. The van der Waals surface area contributed by atoms with E-state index >= 15 is 0 Å². The maximum Gasteiger partial charge on any atom is 0.330 e. The van der Waals surface area contributed by atoms with Crippen LogP contribution in [0.4, 0.5) is 0 Å². The molecule has 0 aromatic carbocycles. The number of fused-ring (bicyclic) bond motifs is 5. The first-order chi connectivity index (χ1) is 15.3. The van der Waals surface area contributed by atoms with Crippen molar-refractivity contribution in [1.82, 2.24) is 0 Å². The van der Waals surface area contributed by atoms with Gasteiger partial charge in [0, 0.05) is 17.4 Å². The van der Waals surface area contributed by atoms with E-state index < -0.39 is 5.97 Å². The Kier molecular flexibility index (Phi) is 6.07. The number of aliphatic carboxylic acids is 1. The third-order valence-corrected chi connectivity index (χ3v) is 11.9. The summed E-state index contributed by atoms with van der Waals surface area (Å²) < 4.78 is 0. The summed E-state index contributed by atoms with van der Waals surface area (Å²) in [6.45, 7) is 18.4. The van der Waals surface area contributed by atoms with Crippen LogP contribution >= 0.6 is 0 Å². The number of hydrogen-bond acceptors (Lipinski definition) is 2. The second kappa shape index (κ2) is 8.09. The van der Waals surface area contributed by atoms with Gasteiger partial charge in [-0.1, -0.05) is 52.8 Å². The van der Waals surface area contributed by atoms with Crippen molar-refractivity contribution in [2.24, 2.45) is 45.3 Å². The van der Waals surface area contributed by atoms with Gasteiger partial charge in [-0.25, -0.2) is 4.79 Å². The number of carbonyl (C=O) groups is 2. The zero-order chi connectivity index (χ0) is 24.4. The van der Waals surface area contributed by atoms with Gasteiger partial charge in [0.1, 0.15) is 5.78 Å². The number of allylic oxidation sites excluding steroid dienone is 2. The van der Waals surface area contributed by atoms with Crippen LogP contribution in [0.3, 0.4) is 0 Å².